The highest BCUT2D eigenvalue weighted by Crippen LogP contribution is 2.27. The summed E-state index contributed by atoms with van der Waals surface area (Å²) in [4.78, 5) is 7.25. The maximum Gasteiger partial charge on any atom is 0.0897 e. The molecular weight excluding hydrogens is 266 g/mol. The molecule has 0 aromatic carbocycles. The first-order valence-electron chi connectivity index (χ1n) is 8.18. The molecule has 3 rings (SSSR count). The second-order valence-electron chi connectivity index (χ2n) is 6.41. The number of aromatic nitrogens is 1. The zero-order valence-corrected chi connectivity index (χ0v) is 13.4. The van der Waals surface area contributed by atoms with E-state index in [9.17, 15) is 0 Å². The first-order chi connectivity index (χ1) is 9.81. The van der Waals surface area contributed by atoms with Gasteiger partial charge in [-0.3, -0.25) is 4.90 Å². The molecule has 1 N–H and O–H groups in total. The Kier molecular flexibility index (Phi) is 5.08. The Balaban J connectivity index is 1.59. The van der Waals surface area contributed by atoms with Gasteiger partial charge in [0, 0.05) is 24.5 Å². The molecule has 1 aromatic rings. The highest BCUT2D eigenvalue weighted by Gasteiger charge is 2.27. The number of thiazole rings is 1. The van der Waals surface area contributed by atoms with Crippen molar-refractivity contribution in [1.29, 1.82) is 0 Å². The lowest BCUT2D eigenvalue weighted by Crippen LogP contribution is -2.43. The van der Waals surface area contributed by atoms with Gasteiger partial charge in [-0.2, -0.15) is 0 Å². The van der Waals surface area contributed by atoms with E-state index in [1.54, 1.807) is 11.3 Å². The second-order valence-corrected chi connectivity index (χ2v) is 7.47. The van der Waals surface area contributed by atoms with Gasteiger partial charge in [0.2, 0.25) is 0 Å². The van der Waals surface area contributed by atoms with E-state index >= 15 is 0 Å². The van der Waals surface area contributed by atoms with Crippen LogP contribution in [0.3, 0.4) is 0 Å². The summed E-state index contributed by atoms with van der Waals surface area (Å²) in [6.45, 7) is 6.75. The first kappa shape index (κ1) is 14.5. The van der Waals surface area contributed by atoms with Crippen molar-refractivity contribution in [3.05, 3.63) is 16.1 Å². The van der Waals surface area contributed by atoms with Crippen LogP contribution >= 0.6 is 11.3 Å². The van der Waals surface area contributed by atoms with Crippen LogP contribution in [0.5, 0.6) is 0 Å². The van der Waals surface area contributed by atoms with Crippen LogP contribution in [-0.4, -0.2) is 35.6 Å². The van der Waals surface area contributed by atoms with Gasteiger partial charge in [-0.1, -0.05) is 19.3 Å². The molecule has 0 radical (unpaired) electrons. The Hall–Kier alpha value is -0.450. The molecule has 2 aliphatic rings. The van der Waals surface area contributed by atoms with Crippen molar-refractivity contribution in [3.8, 4) is 0 Å². The molecule has 20 heavy (non-hydrogen) atoms. The molecular formula is C16H27N3S. The van der Waals surface area contributed by atoms with Crippen LogP contribution in [0.4, 0.5) is 0 Å². The van der Waals surface area contributed by atoms with Crippen LogP contribution in [-0.2, 0) is 6.54 Å². The number of nitrogens with zero attached hydrogens (tertiary/aromatic N) is 2. The fourth-order valence-electron chi connectivity index (χ4n) is 3.73. The fraction of sp³-hybridized carbons (Fsp3) is 0.812. The SMILES string of the molecule is Cc1nc(CN2CCCNC(C3CCCCC3)C2)cs1. The topological polar surface area (TPSA) is 28.2 Å². The summed E-state index contributed by atoms with van der Waals surface area (Å²) in [5, 5.41) is 7.23. The normalized spacial score (nSPS) is 26.6. The van der Waals surface area contributed by atoms with E-state index in [1.807, 2.05) is 0 Å². The summed E-state index contributed by atoms with van der Waals surface area (Å²) in [6.07, 6.45) is 8.46. The predicted octanol–water partition coefficient (Wildman–Crippen LogP) is 3.20. The maximum atomic E-state index is 4.63. The van der Waals surface area contributed by atoms with Gasteiger partial charge in [-0.15, -0.1) is 11.3 Å². The predicted molar refractivity (Wildman–Crippen MR) is 85.1 cm³/mol. The number of hydrogen-bond donors (Lipinski definition) is 1. The third-order valence-electron chi connectivity index (χ3n) is 4.78. The summed E-state index contributed by atoms with van der Waals surface area (Å²) in [5.74, 6) is 0.904. The van der Waals surface area contributed by atoms with Gasteiger partial charge in [0.25, 0.3) is 0 Å². The minimum Gasteiger partial charge on any atom is -0.312 e. The standard InChI is InChI=1S/C16H27N3S/c1-13-18-15(12-20-13)10-19-9-5-8-17-16(11-19)14-6-3-2-4-7-14/h12,14,16-17H,2-11H2,1H3. The van der Waals surface area contributed by atoms with Crippen LogP contribution in [0.25, 0.3) is 0 Å². The molecule has 3 nitrogen and oxygen atoms in total. The molecule has 2 heterocycles. The van der Waals surface area contributed by atoms with Crippen LogP contribution in [0.15, 0.2) is 5.38 Å². The van der Waals surface area contributed by atoms with Crippen molar-refractivity contribution in [2.24, 2.45) is 5.92 Å². The molecule has 1 saturated carbocycles. The smallest absolute Gasteiger partial charge is 0.0897 e. The molecule has 2 fully saturated rings. The van der Waals surface area contributed by atoms with Crippen molar-refractivity contribution in [2.75, 3.05) is 19.6 Å². The molecule has 1 unspecified atom stereocenters. The van der Waals surface area contributed by atoms with Crippen LogP contribution in [0.1, 0.15) is 49.2 Å². The third kappa shape index (κ3) is 3.80. The van der Waals surface area contributed by atoms with Gasteiger partial charge >= 0.3 is 0 Å². The van der Waals surface area contributed by atoms with Gasteiger partial charge in [-0.05, 0) is 45.2 Å². The molecule has 1 saturated heterocycles. The summed E-state index contributed by atoms with van der Waals surface area (Å²) in [7, 11) is 0. The minimum atomic E-state index is 0.706. The van der Waals surface area contributed by atoms with Gasteiger partial charge in [-0.25, -0.2) is 4.98 Å². The Morgan fingerprint density at radius 3 is 2.90 bits per heavy atom. The van der Waals surface area contributed by atoms with Crippen LogP contribution < -0.4 is 5.32 Å². The van der Waals surface area contributed by atoms with Crippen molar-refractivity contribution < 1.29 is 0 Å². The molecule has 0 spiro atoms. The van der Waals surface area contributed by atoms with Crippen molar-refractivity contribution in [1.82, 2.24) is 15.2 Å². The van der Waals surface area contributed by atoms with Gasteiger partial charge in [0.05, 0.1) is 10.7 Å². The third-order valence-corrected chi connectivity index (χ3v) is 5.61. The number of aryl methyl sites for hydroxylation is 1. The summed E-state index contributed by atoms with van der Waals surface area (Å²) in [6, 6.07) is 0.706. The number of hydrogen-bond acceptors (Lipinski definition) is 4. The van der Waals surface area contributed by atoms with E-state index in [0.717, 1.165) is 12.5 Å². The molecule has 4 heteroatoms. The lowest BCUT2D eigenvalue weighted by Gasteiger charge is -2.32. The molecule has 0 amide bonds. The summed E-state index contributed by atoms with van der Waals surface area (Å²) < 4.78 is 0. The molecule has 112 valence electrons. The second kappa shape index (κ2) is 7.01. The lowest BCUT2D eigenvalue weighted by atomic mass is 9.83. The molecule has 1 aromatic heterocycles. The zero-order valence-electron chi connectivity index (χ0n) is 12.6. The Morgan fingerprint density at radius 2 is 2.15 bits per heavy atom. The van der Waals surface area contributed by atoms with Crippen molar-refractivity contribution in [2.45, 2.75) is 58.0 Å². The van der Waals surface area contributed by atoms with Crippen molar-refractivity contribution in [3.63, 3.8) is 0 Å². The quantitative estimate of drug-likeness (QED) is 0.927. The fourth-order valence-corrected chi connectivity index (χ4v) is 4.33. The van der Waals surface area contributed by atoms with Gasteiger partial charge in [0.15, 0.2) is 0 Å². The van der Waals surface area contributed by atoms with Crippen LogP contribution in [0.2, 0.25) is 0 Å². The Labute approximate surface area is 126 Å². The number of nitrogens with one attached hydrogen (secondary N) is 1. The van der Waals surface area contributed by atoms with Crippen molar-refractivity contribution >= 4 is 11.3 Å². The molecule has 0 bridgehead atoms. The van der Waals surface area contributed by atoms with E-state index < -0.39 is 0 Å². The highest BCUT2D eigenvalue weighted by molar-refractivity contribution is 7.09. The summed E-state index contributed by atoms with van der Waals surface area (Å²) >= 11 is 1.77. The Morgan fingerprint density at radius 1 is 1.30 bits per heavy atom. The average molecular weight is 293 g/mol. The number of rotatable bonds is 3. The van der Waals surface area contributed by atoms with E-state index in [2.05, 4.69) is 27.5 Å². The lowest BCUT2D eigenvalue weighted by molar-refractivity contribution is 0.200. The highest BCUT2D eigenvalue weighted by atomic mass is 32.1. The van der Waals surface area contributed by atoms with Gasteiger partial charge < -0.3 is 5.32 Å². The minimum absolute atomic E-state index is 0.706. The first-order valence-corrected chi connectivity index (χ1v) is 9.06. The van der Waals surface area contributed by atoms with E-state index in [4.69, 9.17) is 0 Å². The van der Waals surface area contributed by atoms with Crippen LogP contribution in [0, 0.1) is 12.8 Å². The summed E-state index contributed by atoms with van der Waals surface area (Å²) in [5.41, 5.74) is 1.26. The van der Waals surface area contributed by atoms with E-state index in [1.165, 1.54) is 68.9 Å². The molecule has 1 aliphatic heterocycles. The largest absolute Gasteiger partial charge is 0.312 e. The zero-order chi connectivity index (χ0) is 13.8. The average Bonchev–Trinajstić information content (AvgIpc) is 2.74. The van der Waals surface area contributed by atoms with E-state index in [0.29, 0.717) is 6.04 Å². The molecule has 1 aliphatic carbocycles. The monoisotopic (exact) mass is 293 g/mol. The Bertz CT molecular complexity index is 412. The molecule has 1 atom stereocenters. The van der Waals surface area contributed by atoms with E-state index in [-0.39, 0.29) is 0 Å². The maximum absolute atomic E-state index is 4.63. The van der Waals surface area contributed by atoms with Gasteiger partial charge in [0.1, 0.15) is 0 Å².